The first kappa shape index (κ1) is 14.7. The first-order valence-corrected chi connectivity index (χ1v) is 6.71. The van der Waals surface area contributed by atoms with Crippen LogP contribution in [0.15, 0.2) is 65.8 Å². The Balaban J connectivity index is 1.99. The van der Waals surface area contributed by atoms with Gasteiger partial charge in [0.25, 0.3) is 0 Å². The van der Waals surface area contributed by atoms with Crippen LogP contribution in [0, 0.1) is 6.92 Å². The number of benzene rings is 2. The lowest BCUT2D eigenvalue weighted by Crippen LogP contribution is -2.04. The first-order valence-electron chi connectivity index (χ1n) is 6.71. The van der Waals surface area contributed by atoms with Crippen LogP contribution in [0.5, 0.6) is 0 Å². The SMILES string of the molecule is CC(C=Cc1ccccc1)=NOC(=O)c1ccccc1C. The van der Waals surface area contributed by atoms with Crippen LogP contribution in [0.3, 0.4) is 0 Å². The number of carbonyl (C=O) groups is 1. The highest BCUT2D eigenvalue weighted by Gasteiger charge is 2.09. The van der Waals surface area contributed by atoms with Crippen molar-refractivity contribution in [3.05, 3.63) is 77.4 Å². The molecule has 0 radical (unpaired) electrons. The average molecular weight is 279 g/mol. The third-order valence-electron chi connectivity index (χ3n) is 2.95. The molecule has 3 nitrogen and oxygen atoms in total. The van der Waals surface area contributed by atoms with E-state index in [9.17, 15) is 4.79 Å². The minimum Gasteiger partial charge on any atom is -0.313 e. The molecule has 0 aliphatic rings. The van der Waals surface area contributed by atoms with Gasteiger partial charge in [0.1, 0.15) is 0 Å². The molecule has 3 heteroatoms. The summed E-state index contributed by atoms with van der Waals surface area (Å²) in [4.78, 5) is 16.8. The predicted octanol–water partition coefficient (Wildman–Crippen LogP) is 4.24. The molecule has 0 heterocycles. The normalized spacial score (nSPS) is 11.6. The third kappa shape index (κ3) is 4.42. The third-order valence-corrected chi connectivity index (χ3v) is 2.95. The number of carbonyl (C=O) groups excluding carboxylic acids is 1. The standard InChI is InChI=1S/C18H17NO2/c1-14-8-6-7-11-17(14)18(20)21-19-15(2)12-13-16-9-4-3-5-10-16/h3-13H,1-2H3. The van der Waals surface area contributed by atoms with Crippen LogP contribution >= 0.6 is 0 Å². The van der Waals surface area contributed by atoms with E-state index in [1.807, 2.05) is 55.5 Å². The van der Waals surface area contributed by atoms with Gasteiger partial charge in [-0.15, -0.1) is 0 Å². The zero-order valence-corrected chi connectivity index (χ0v) is 12.1. The molecule has 0 fully saturated rings. The van der Waals surface area contributed by atoms with Crippen LogP contribution in [0.4, 0.5) is 0 Å². The monoisotopic (exact) mass is 279 g/mol. The van der Waals surface area contributed by atoms with Gasteiger partial charge in [-0.1, -0.05) is 59.8 Å². The highest BCUT2D eigenvalue weighted by atomic mass is 16.7. The summed E-state index contributed by atoms with van der Waals surface area (Å²) < 4.78 is 0. The first-order chi connectivity index (χ1) is 10.2. The quantitative estimate of drug-likeness (QED) is 0.477. The average Bonchev–Trinajstić information content (AvgIpc) is 2.52. The largest absolute Gasteiger partial charge is 0.365 e. The summed E-state index contributed by atoms with van der Waals surface area (Å²) in [6.07, 6.45) is 3.72. The fraction of sp³-hybridized carbons (Fsp3) is 0.111. The molecule has 0 unspecified atom stereocenters. The number of hydrogen-bond donors (Lipinski definition) is 0. The van der Waals surface area contributed by atoms with Gasteiger partial charge in [0.15, 0.2) is 0 Å². The van der Waals surface area contributed by atoms with Crippen molar-refractivity contribution in [3.8, 4) is 0 Å². The molecular weight excluding hydrogens is 262 g/mol. The second kappa shape index (κ2) is 7.20. The van der Waals surface area contributed by atoms with E-state index in [-0.39, 0.29) is 0 Å². The van der Waals surface area contributed by atoms with E-state index < -0.39 is 5.97 Å². The Kier molecular flexibility index (Phi) is 5.04. The van der Waals surface area contributed by atoms with Crippen LogP contribution in [0.2, 0.25) is 0 Å². The maximum atomic E-state index is 11.9. The number of hydrogen-bond acceptors (Lipinski definition) is 3. The van der Waals surface area contributed by atoms with Crippen LogP contribution < -0.4 is 0 Å². The molecule has 0 bridgehead atoms. The molecule has 2 rings (SSSR count). The molecule has 2 aromatic carbocycles. The van der Waals surface area contributed by atoms with Gasteiger partial charge < -0.3 is 4.84 Å². The fourth-order valence-corrected chi connectivity index (χ4v) is 1.78. The molecule has 0 saturated carbocycles. The van der Waals surface area contributed by atoms with Crippen molar-refractivity contribution in [2.45, 2.75) is 13.8 Å². The topological polar surface area (TPSA) is 38.7 Å². The number of rotatable bonds is 4. The molecule has 0 aliphatic heterocycles. The Morgan fingerprint density at radius 1 is 1.05 bits per heavy atom. The Labute approximate surface area is 124 Å². The molecule has 0 aromatic heterocycles. The zero-order chi connectivity index (χ0) is 15.1. The van der Waals surface area contributed by atoms with Gasteiger partial charge in [0.05, 0.1) is 11.3 Å². The summed E-state index contributed by atoms with van der Waals surface area (Å²) in [6.45, 7) is 3.65. The second-order valence-electron chi connectivity index (χ2n) is 4.67. The lowest BCUT2D eigenvalue weighted by molar-refractivity contribution is 0.0515. The van der Waals surface area contributed by atoms with Gasteiger partial charge >= 0.3 is 5.97 Å². The van der Waals surface area contributed by atoms with Crippen LogP contribution in [-0.4, -0.2) is 11.7 Å². The predicted molar refractivity (Wildman–Crippen MR) is 85.2 cm³/mol. The number of oxime groups is 1. The van der Waals surface area contributed by atoms with Crippen molar-refractivity contribution in [2.75, 3.05) is 0 Å². The summed E-state index contributed by atoms with van der Waals surface area (Å²) >= 11 is 0. The van der Waals surface area contributed by atoms with Gasteiger partial charge in [0.2, 0.25) is 0 Å². The number of aryl methyl sites for hydroxylation is 1. The van der Waals surface area contributed by atoms with Gasteiger partial charge in [0, 0.05) is 0 Å². The molecule has 0 atom stereocenters. The summed E-state index contributed by atoms with van der Waals surface area (Å²) in [5.41, 5.74) is 3.09. The minimum atomic E-state index is -0.444. The molecule has 106 valence electrons. The highest BCUT2D eigenvalue weighted by Crippen LogP contribution is 2.09. The zero-order valence-electron chi connectivity index (χ0n) is 12.1. The van der Waals surface area contributed by atoms with Crippen molar-refractivity contribution in [2.24, 2.45) is 5.16 Å². The van der Waals surface area contributed by atoms with E-state index in [0.29, 0.717) is 11.3 Å². The van der Waals surface area contributed by atoms with Crippen molar-refractivity contribution in [1.29, 1.82) is 0 Å². The molecule has 0 aliphatic carbocycles. The molecule has 0 N–H and O–H groups in total. The van der Waals surface area contributed by atoms with Crippen molar-refractivity contribution >= 4 is 17.8 Å². The summed E-state index contributed by atoms with van der Waals surface area (Å²) in [5, 5.41) is 3.84. The lowest BCUT2D eigenvalue weighted by Gasteiger charge is -2.01. The molecule has 0 saturated heterocycles. The maximum Gasteiger partial charge on any atom is 0.365 e. The van der Waals surface area contributed by atoms with E-state index >= 15 is 0 Å². The van der Waals surface area contributed by atoms with E-state index in [1.165, 1.54) is 0 Å². The lowest BCUT2D eigenvalue weighted by atomic mass is 10.1. The van der Waals surface area contributed by atoms with Gasteiger partial charge in [-0.3, -0.25) is 0 Å². The van der Waals surface area contributed by atoms with Crippen molar-refractivity contribution in [1.82, 2.24) is 0 Å². The summed E-state index contributed by atoms with van der Waals surface area (Å²) in [5.74, 6) is -0.444. The van der Waals surface area contributed by atoms with Crippen LogP contribution in [-0.2, 0) is 4.84 Å². The maximum absolute atomic E-state index is 11.9. The Morgan fingerprint density at radius 3 is 2.43 bits per heavy atom. The smallest absolute Gasteiger partial charge is 0.313 e. The van der Waals surface area contributed by atoms with E-state index in [4.69, 9.17) is 4.84 Å². The molecule has 0 spiro atoms. The van der Waals surface area contributed by atoms with Crippen LogP contribution in [0.25, 0.3) is 6.08 Å². The van der Waals surface area contributed by atoms with E-state index in [2.05, 4.69) is 5.16 Å². The van der Waals surface area contributed by atoms with E-state index in [0.717, 1.165) is 11.1 Å². The van der Waals surface area contributed by atoms with Gasteiger partial charge in [-0.05, 0) is 37.1 Å². The molecule has 0 amide bonds. The molecule has 21 heavy (non-hydrogen) atoms. The van der Waals surface area contributed by atoms with Crippen molar-refractivity contribution < 1.29 is 9.63 Å². The van der Waals surface area contributed by atoms with Gasteiger partial charge in [-0.25, -0.2) is 4.79 Å². The second-order valence-corrected chi connectivity index (χ2v) is 4.67. The van der Waals surface area contributed by atoms with Crippen LogP contribution in [0.1, 0.15) is 28.4 Å². The summed E-state index contributed by atoms with van der Waals surface area (Å²) in [7, 11) is 0. The van der Waals surface area contributed by atoms with Crippen molar-refractivity contribution in [3.63, 3.8) is 0 Å². The minimum absolute atomic E-state index is 0.444. The Hall–Kier alpha value is -2.68. The molecule has 2 aromatic rings. The summed E-state index contributed by atoms with van der Waals surface area (Å²) in [6, 6.07) is 17.1. The molecular formula is C18H17NO2. The fourth-order valence-electron chi connectivity index (χ4n) is 1.78. The van der Waals surface area contributed by atoms with E-state index in [1.54, 1.807) is 25.1 Å². The van der Waals surface area contributed by atoms with Gasteiger partial charge in [-0.2, -0.15) is 0 Å². The Morgan fingerprint density at radius 2 is 1.71 bits per heavy atom. The number of nitrogens with zero attached hydrogens (tertiary/aromatic N) is 1. The number of allylic oxidation sites excluding steroid dienone is 1. The Bertz CT molecular complexity index is 673. The highest BCUT2D eigenvalue weighted by molar-refractivity contribution is 5.97.